The lowest BCUT2D eigenvalue weighted by Crippen LogP contribution is -2.41. The number of hydrogen-bond acceptors (Lipinski definition) is 8. The fraction of sp³-hybridized carbons (Fsp3) is 0.389. The Morgan fingerprint density at radius 3 is 2.89 bits per heavy atom. The van der Waals surface area contributed by atoms with Crippen LogP contribution in [0.3, 0.4) is 0 Å². The molecule has 0 aromatic carbocycles. The van der Waals surface area contributed by atoms with Crippen molar-refractivity contribution in [2.24, 2.45) is 5.92 Å². The van der Waals surface area contributed by atoms with Gasteiger partial charge in [0, 0.05) is 24.7 Å². The number of anilines is 2. The van der Waals surface area contributed by atoms with Crippen LogP contribution in [-0.2, 0) is 4.79 Å². The zero-order valence-corrected chi connectivity index (χ0v) is 16.0. The molecule has 140 valence electrons. The highest BCUT2D eigenvalue weighted by Gasteiger charge is 2.27. The van der Waals surface area contributed by atoms with E-state index in [0.29, 0.717) is 23.4 Å². The van der Waals surface area contributed by atoms with Gasteiger partial charge in [0.05, 0.1) is 17.2 Å². The highest BCUT2D eigenvalue weighted by molar-refractivity contribution is 7.13. The number of carbonyl (C=O) groups is 1. The van der Waals surface area contributed by atoms with Crippen LogP contribution >= 0.6 is 11.3 Å². The Balaban J connectivity index is 1.42. The van der Waals surface area contributed by atoms with E-state index in [1.54, 1.807) is 13.1 Å². The number of aromatic nitrogens is 4. The van der Waals surface area contributed by atoms with Gasteiger partial charge in [-0.05, 0) is 38.8 Å². The second-order valence-corrected chi connectivity index (χ2v) is 7.48. The number of aryl methyl sites for hydroxylation is 2. The predicted molar refractivity (Wildman–Crippen MR) is 103 cm³/mol. The fourth-order valence-corrected chi connectivity index (χ4v) is 3.82. The van der Waals surface area contributed by atoms with E-state index in [4.69, 9.17) is 4.52 Å². The third kappa shape index (κ3) is 3.97. The Labute approximate surface area is 160 Å². The molecule has 9 heteroatoms. The molecule has 4 rings (SSSR count). The summed E-state index contributed by atoms with van der Waals surface area (Å²) < 4.78 is 5.17. The monoisotopic (exact) mass is 384 g/mol. The van der Waals surface area contributed by atoms with Crippen molar-refractivity contribution in [3.63, 3.8) is 0 Å². The number of thiazole rings is 1. The van der Waals surface area contributed by atoms with Crippen LogP contribution in [0.25, 0.3) is 11.5 Å². The van der Waals surface area contributed by atoms with Crippen LogP contribution in [0.1, 0.15) is 24.4 Å². The van der Waals surface area contributed by atoms with Gasteiger partial charge in [-0.2, -0.15) is 4.98 Å². The molecule has 27 heavy (non-hydrogen) atoms. The minimum atomic E-state index is -0.0805. The van der Waals surface area contributed by atoms with Crippen molar-refractivity contribution in [1.82, 2.24) is 20.1 Å². The van der Waals surface area contributed by atoms with Crippen molar-refractivity contribution < 1.29 is 9.32 Å². The van der Waals surface area contributed by atoms with Gasteiger partial charge in [-0.25, -0.2) is 9.97 Å². The Morgan fingerprint density at radius 2 is 2.22 bits per heavy atom. The number of amides is 1. The first kappa shape index (κ1) is 17.6. The molecule has 1 fully saturated rings. The van der Waals surface area contributed by atoms with Crippen LogP contribution in [0.15, 0.2) is 28.2 Å². The second-order valence-electron chi connectivity index (χ2n) is 6.62. The quantitative estimate of drug-likeness (QED) is 0.738. The van der Waals surface area contributed by atoms with Gasteiger partial charge in [0.2, 0.25) is 5.91 Å². The molecule has 8 nitrogen and oxygen atoms in total. The maximum absolute atomic E-state index is 12.6. The predicted octanol–water partition coefficient (Wildman–Crippen LogP) is 3.06. The summed E-state index contributed by atoms with van der Waals surface area (Å²) in [4.78, 5) is 27.8. The minimum Gasteiger partial charge on any atom is -0.356 e. The number of carbonyl (C=O) groups excluding carboxylic acids is 1. The van der Waals surface area contributed by atoms with E-state index >= 15 is 0 Å². The van der Waals surface area contributed by atoms with Gasteiger partial charge in [0.15, 0.2) is 11.0 Å². The lowest BCUT2D eigenvalue weighted by atomic mass is 9.97. The van der Waals surface area contributed by atoms with Gasteiger partial charge in [-0.15, -0.1) is 11.3 Å². The van der Waals surface area contributed by atoms with Crippen LogP contribution in [0.5, 0.6) is 0 Å². The highest BCUT2D eigenvalue weighted by Crippen LogP contribution is 2.25. The Bertz CT molecular complexity index is 935. The molecule has 0 unspecified atom stereocenters. The summed E-state index contributed by atoms with van der Waals surface area (Å²) in [6.45, 7) is 5.22. The average molecular weight is 384 g/mol. The largest absolute Gasteiger partial charge is 0.356 e. The molecule has 1 atom stereocenters. The van der Waals surface area contributed by atoms with Crippen LogP contribution in [0, 0.1) is 19.8 Å². The Hall–Kier alpha value is -2.81. The van der Waals surface area contributed by atoms with Crippen molar-refractivity contribution in [3.8, 4) is 11.5 Å². The molecule has 0 spiro atoms. The van der Waals surface area contributed by atoms with E-state index in [9.17, 15) is 4.79 Å². The standard InChI is InChI=1S/C18H20N6O2S/c1-11-10-27-18(20-11)22-16(25)14-4-3-7-24(9-14)15-6-5-13(8-19-15)17-21-12(2)23-26-17/h5-6,8,10,14H,3-4,7,9H2,1-2H3,(H,20,22,25)/t14-/m1/s1. The Morgan fingerprint density at radius 1 is 1.33 bits per heavy atom. The summed E-state index contributed by atoms with van der Waals surface area (Å²) in [5.74, 6) is 1.84. The van der Waals surface area contributed by atoms with E-state index in [1.807, 2.05) is 24.4 Å². The average Bonchev–Trinajstić information content (AvgIpc) is 3.30. The van der Waals surface area contributed by atoms with Crippen molar-refractivity contribution >= 4 is 28.2 Å². The molecule has 3 aromatic rings. The number of nitrogens with one attached hydrogen (secondary N) is 1. The molecule has 1 N–H and O–H groups in total. The maximum Gasteiger partial charge on any atom is 0.259 e. The minimum absolute atomic E-state index is 0.0204. The molecule has 0 aliphatic carbocycles. The maximum atomic E-state index is 12.6. The number of hydrogen-bond donors (Lipinski definition) is 1. The van der Waals surface area contributed by atoms with E-state index in [0.717, 1.165) is 36.5 Å². The van der Waals surface area contributed by atoms with E-state index < -0.39 is 0 Å². The molecule has 0 radical (unpaired) electrons. The summed E-state index contributed by atoms with van der Waals surface area (Å²) in [6.07, 6.45) is 3.54. The van der Waals surface area contributed by atoms with Crippen molar-refractivity contribution in [3.05, 3.63) is 35.2 Å². The lowest BCUT2D eigenvalue weighted by molar-refractivity contribution is -0.120. The van der Waals surface area contributed by atoms with E-state index in [-0.39, 0.29) is 11.8 Å². The van der Waals surface area contributed by atoms with Crippen LogP contribution in [-0.4, -0.2) is 39.1 Å². The summed E-state index contributed by atoms with van der Waals surface area (Å²) in [5.41, 5.74) is 1.70. The van der Waals surface area contributed by atoms with E-state index in [1.165, 1.54) is 11.3 Å². The van der Waals surface area contributed by atoms with E-state index in [2.05, 4.69) is 30.3 Å². The molecule has 0 saturated carbocycles. The van der Waals surface area contributed by atoms with Crippen LogP contribution in [0.4, 0.5) is 10.9 Å². The molecule has 3 aromatic heterocycles. The zero-order chi connectivity index (χ0) is 18.8. The van der Waals surface area contributed by atoms with Crippen LogP contribution in [0.2, 0.25) is 0 Å². The number of piperidine rings is 1. The smallest absolute Gasteiger partial charge is 0.259 e. The molecule has 1 amide bonds. The molecule has 1 saturated heterocycles. The number of pyridine rings is 1. The highest BCUT2D eigenvalue weighted by atomic mass is 32.1. The molecular formula is C18H20N6O2S. The molecular weight excluding hydrogens is 364 g/mol. The summed E-state index contributed by atoms with van der Waals surface area (Å²) in [7, 11) is 0. The second kappa shape index (κ2) is 7.43. The molecule has 4 heterocycles. The molecule has 0 bridgehead atoms. The SMILES string of the molecule is Cc1csc(NC(=O)[C@@H]2CCCN(c3ccc(-c4nc(C)no4)cn3)C2)n1. The lowest BCUT2D eigenvalue weighted by Gasteiger charge is -2.32. The fourth-order valence-electron chi connectivity index (χ4n) is 3.13. The van der Waals surface area contributed by atoms with Gasteiger partial charge in [-0.3, -0.25) is 4.79 Å². The Kier molecular flexibility index (Phi) is 4.85. The molecule has 1 aliphatic rings. The summed E-state index contributed by atoms with van der Waals surface area (Å²) in [6, 6.07) is 3.84. The van der Waals surface area contributed by atoms with Crippen LogP contribution < -0.4 is 10.2 Å². The van der Waals surface area contributed by atoms with Gasteiger partial charge < -0.3 is 14.7 Å². The van der Waals surface area contributed by atoms with Crippen molar-refractivity contribution in [1.29, 1.82) is 0 Å². The summed E-state index contributed by atoms with van der Waals surface area (Å²) >= 11 is 1.45. The zero-order valence-electron chi connectivity index (χ0n) is 15.2. The van der Waals surface area contributed by atoms with Gasteiger partial charge in [-0.1, -0.05) is 5.16 Å². The molecule has 1 aliphatic heterocycles. The third-order valence-corrected chi connectivity index (χ3v) is 5.36. The first-order valence-corrected chi connectivity index (χ1v) is 9.71. The topological polar surface area (TPSA) is 97.0 Å². The first-order valence-electron chi connectivity index (χ1n) is 8.83. The first-order chi connectivity index (χ1) is 13.1. The van der Waals surface area contributed by atoms with Gasteiger partial charge >= 0.3 is 0 Å². The normalized spacial score (nSPS) is 17.1. The van der Waals surface area contributed by atoms with Gasteiger partial charge in [0.25, 0.3) is 5.89 Å². The third-order valence-electron chi connectivity index (χ3n) is 4.49. The number of rotatable bonds is 4. The van der Waals surface area contributed by atoms with Crippen molar-refractivity contribution in [2.75, 3.05) is 23.3 Å². The summed E-state index contributed by atoms with van der Waals surface area (Å²) in [5, 5.41) is 9.32. The van der Waals surface area contributed by atoms with Gasteiger partial charge in [0.1, 0.15) is 5.82 Å². The van der Waals surface area contributed by atoms with Crippen molar-refractivity contribution in [2.45, 2.75) is 26.7 Å². The number of nitrogens with zero attached hydrogens (tertiary/aromatic N) is 5.